The highest BCUT2D eigenvalue weighted by molar-refractivity contribution is 5.68. The maximum atomic E-state index is 14.9. The largest absolute Gasteiger partial charge is 0.465 e. The third-order valence-electron chi connectivity index (χ3n) is 6.54. The molecule has 35 heavy (non-hydrogen) atoms. The van der Waals surface area contributed by atoms with Gasteiger partial charge in [-0.1, -0.05) is 54.6 Å². The van der Waals surface area contributed by atoms with Crippen LogP contribution in [0.2, 0.25) is 0 Å². The molecular formula is C28H27FN4O2. The molecule has 6 nitrogen and oxygen atoms in total. The lowest BCUT2D eigenvalue weighted by atomic mass is 10.0. The zero-order chi connectivity index (χ0) is 24.2. The molecule has 2 heterocycles. The van der Waals surface area contributed by atoms with Gasteiger partial charge in [-0.3, -0.25) is 0 Å². The summed E-state index contributed by atoms with van der Waals surface area (Å²) < 4.78 is 16.7. The first-order valence-electron chi connectivity index (χ1n) is 11.8. The van der Waals surface area contributed by atoms with E-state index in [1.807, 2.05) is 48.5 Å². The zero-order valence-electron chi connectivity index (χ0n) is 19.3. The SMILES string of the molecule is O=C(O)N1CCC(NCc2cnn(-c3ccc(-c4ccccc4)cc3)c2-c2ccccc2F)CC1. The number of rotatable bonds is 6. The van der Waals surface area contributed by atoms with Crippen molar-refractivity contribution in [1.29, 1.82) is 0 Å². The molecule has 1 saturated heterocycles. The summed E-state index contributed by atoms with van der Waals surface area (Å²) in [6.07, 6.45) is 2.41. The number of halogens is 1. The number of aromatic nitrogens is 2. The summed E-state index contributed by atoms with van der Waals surface area (Å²) in [4.78, 5) is 12.6. The average molecular weight is 471 g/mol. The van der Waals surface area contributed by atoms with Crippen LogP contribution < -0.4 is 5.32 Å². The van der Waals surface area contributed by atoms with Crippen LogP contribution in [-0.2, 0) is 6.54 Å². The van der Waals surface area contributed by atoms with E-state index >= 15 is 0 Å². The Hall–Kier alpha value is -3.97. The standard InChI is InChI=1S/C28H27FN4O2/c29-26-9-5-4-8-25(26)27-22(18-30-23-14-16-32(17-15-23)28(34)35)19-31-33(27)24-12-10-21(11-13-24)20-6-2-1-3-7-20/h1-13,19,23,30H,14-18H2,(H,34,35). The van der Waals surface area contributed by atoms with Gasteiger partial charge < -0.3 is 15.3 Å². The Morgan fingerprint density at radius 2 is 1.60 bits per heavy atom. The minimum absolute atomic E-state index is 0.201. The number of nitrogens with one attached hydrogen (secondary N) is 1. The van der Waals surface area contributed by atoms with Crippen molar-refractivity contribution in [3.05, 3.63) is 96.4 Å². The summed E-state index contributed by atoms with van der Waals surface area (Å²) in [5.74, 6) is -0.300. The fourth-order valence-electron chi connectivity index (χ4n) is 4.60. The van der Waals surface area contributed by atoms with Crippen LogP contribution in [-0.4, -0.2) is 45.0 Å². The summed E-state index contributed by atoms with van der Waals surface area (Å²) in [5.41, 5.74) is 5.18. The summed E-state index contributed by atoms with van der Waals surface area (Å²) in [6.45, 7) is 1.55. The lowest BCUT2D eigenvalue weighted by Gasteiger charge is -2.30. The molecule has 1 aromatic heterocycles. The van der Waals surface area contributed by atoms with E-state index in [0.717, 1.165) is 35.2 Å². The minimum atomic E-state index is -0.871. The second kappa shape index (κ2) is 10.1. The first-order valence-corrected chi connectivity index (χ1v) is 11.8. The summed E-state index contributed by atoms with van der Waals surface area (Å²) >= 11 is 0. The van der Waals surface area contributed by atoms with Gasteiger partial charge >= 0.3 is 6.09 Å². The lowest BCUT2D eigenvalue weighted by molar-refractivity contribution is 0.129. The van der Waals surface area contributed by atoms with Crippen LogP contribution >= 0.6 is 0 Å². The number of piperidine rings is 1. The highest BCUT2D eigenvalue weighted by atomic mass is 19.1. The van der Waals surface area contributed by atoms with Crippen LogP contribution in [0.1, 0.15) is 18.4 Å². The molecule has 3 aromatic carbocycles. The molecule has 1 aliphatic rings. The van der Waals surface area contributed by atoms with Gasteiger partial charge in [0.05, 0.1) is 17.6 Å². The number of hydrogen-bond acceptors (Lipinski definition) is 3. The first kappa shape index (κ1) is 22.8. The molecule has 4 aromatic rings. The fourth-order valence-corrected chi connectivity index (χ4v) is 4.60. The van der Waals surface area contributed by atoms with Gasteiger partial charge in [0.1, 0.15) is 5.82 Å². The Morgan fingerprint density at radius 1 is 0.943 bits per heavy atom. The normalized spacial score (nSPS) is 14.3. The van der Waals surface area contributed by atoms with Gasteiger partial charge in [-0.25, -0.2) is 13.9 Å². The van der Waals surface area contributed by atoms with Gasteiger partial charge in [0, 0.05) is 36.8 Å². The Morgan fingerprint density at radius 3 is 2.29 bits per heavy atom. The topological polar surface area (TPSA) is 70.4 Å². The monoisotopic (exact) mass is 470 g/mol. The molecule has 5 rings (SSSR count). The molecule has 0 unspecified atom stereocenters. The number of hydrogen-bond donors (Lipinski definition) is 2. The van der Waals surface area contributed by atoms with E-state index in [9.17, 15) is 14.3 Å². The smallest absolute Gasteiger partial charge is 0.407 e. The van der Waals surface area contributed by atoms with Crippen molar-refractivity contribution < 1.29 is 14.3 Å². The predicted molar refractivity (Wildman–Crippen MR) is 134 cm³/mol. The van der Waals surface area contributed by atoms with Gasteiger partial charge in [-0.15, -0.1) is 0 Å². The molecule has 0 saturated carbocycles. The Kier molecular flexibility index (Phi) is 6.59. The van der Waals surface area contributed by atoms with Crippen molar-refractivity contribution in [2.45, 2.75) is 25.4 Å². The van der Waals surface area contributed by atoms with Crippen LogP contribution in [0.5, 0.6) is 0 Å². The Bertz CT molecular complexity index is 1300. The number of likely N-dealkylation sites (tertiary alicyclic amines) is 1. The Balaban J connectivity index is 1.42. The average Bonchev–Trinajstić information content (AvgIpc) is 3.32. The van der Waals surface area contributed by atoms with Crippen molar-refractivity contribution in [1.82, 2.24) is 20.0 Å². The molecule has 178 valence electrons. The summed E-state index contributed by atoms with van der Waals surface area (Å²) in [7, 11) is 0. The Labute approximate surface area is 203 Å². The van der Waals surface area contributed by atoms with Crippen molar-refractivity contribution in [3.8, 4) is 28.1 Å². The van der Waals surface area contributed by atoms with Crippen molar-refractivity contribution >= 4 is 6.09 Å². The number of nitrogens with zero attached hydrogens (tertiary/aromatic N) is 3. The second-order valence-corrected chi connectivity index (χ2v) is 8.75. The summed E-state index contributed by atoms with van der Waals surface area (Å²) in [6, 6.07) is 25.2. The van der Waals surface area contributed by atoms with E-state index in [1.165, 1.54) is 11.0 Å². The molecule has 0 bridgehead atoms. The van der Waals surface area contributed by atoms with Gasteiger partial charge in [-0.05, 0) is 48.2 Å². The predicted octanol–water partition coefficient (Wildman–Crippen LogP) is 5.58. The van der Waals surface area contributed by atoms with Gasteiger partial charge in [0.15, 0.2) is 0 Å². The third kappa shape index (κ3) is 4.95. The first-order chi connectivity index (χ1) is 17.1. The van der Waals surface area contributed by atoms with E-state index in [0.29, 0.717) is 30.9 Å². The molecular weight excluding hydrogens is 443 g/mol. The quantitative estimate of drug-likeness (QED) is 0.386. The maximum absolute atomic E-state index is 14.9. The third-order valence-corrected chi connectivity index (χ3v) is 6.54. The summed E-state index contributed by atoms with van der Waals surface area (Å²) in [5, 5.41) is 17.3. The number of carbonyl (C=O) groups is 1. The molecule has 0 atom stereocenters. The molecule has 0 aliphatic carbocycles. The molecule has 0 spiro atoms. The van der Waals surface area contributed by atoms with Crippen molar-refractivity contribution in [2.75, 3.05) is 13.1 Å². The van der Waals surface area contributed by atoms with E-state index in [4.69, 9.17) is 0 Å². The molecule has 1 amide bonds. The van der Waals surface area contributed by atoms with E-state index in [-0.39, 0.29) is 11.9 Å². The van der Waals surface area contributed by atoms with Crippen LogP contribution in [0.25, 0.3) is 28.1 Å². The lowest BCUT2D eigenvalue weighted by Crippen LogP contribution is -2.44. The van der Waals surface area contributed by atoms with Crippen LogP contribution in [0.4, 0.5) is 9.18 Å². The second-order valence-electron chi connectivity index (χ2n) is 8.75. The van der Waals surface area contributed by atoms with E-state index in [2.05, 4.69) is 22.5 Å². The number of benzene rings is 3. The maximum Gasteiger partial charge on any atom is 0.407 e. The molecule has 2 N–H and O–H groups in total. The molecule has 7 heteroatoms. The van der Waals surface area contributed by atoms with Crippen molar-refractivity contribution in [2.24, 2.45) is 0 Å². The van der Waals surface area contributed by atoms with E-state index < -0.39 is 6.09 Å². The molecule has 1 aliphatic heterocycles. The van der Waals surface area contributed by atoms with Gasteiger partial charge in [0.2, 0.25) is 0 Å². The van der Waals surface area contributed by atoms with Crippen LogP contribution in [0.3, 0.4) is 0 Å². The van der Waals surface area contributed by atoms with Gasteiger partial charge in [0.25, 0.3) is 0 Å². The number of carboxylic acid groups (broad SMARTS) is 1. The number of amides is 1. The molecule has 0 radical (unpaired) electrons. The van der Waals surface area contributed by atoms with Crippen molar-refractivity contribution in [3.63, 3.8) is 0 Å². The highest BCUT2D eigenvalue weighted by Gasteiger charge is 2.23. The fraction of sp³-hybridized carbons (Fsp3) is 0.214. The van der Waals surface area contributed by atoms with Crippen LogP contribution in [0, 0.1) is 5.82 Å². The van der Waals surface area contributed by atoms with Crippen LogP contribution in [0.15, 0.2) is 85.1 Å². The zero-order valence-corrected chi connectivity index (χ0v) is 19.3. The minimum Gasteiger partial charge on any atom is -0.465 e. The highest BCUT2D eigenvalue weighted by Crippen LogP contribution is 2.30. The molecule has 1 fully saturated rings. The van der Waals surface area contributed by atoms with E-state index in [1.54, 1.807) is 23.0 Å². The van der Waals surface area contributed by atoms with Gasteiger partial charge in [-0.2, -0.15) is 5.10 Å².